The minimum atomic E-state index is -0.570. The molecule has 160 valence electrons. The van der Waals surface area contributed by atoms with Crippen LogP contribution in [0.3, 0.4) is 0 Å². The lowest BCUT2D eigenvalue weighted by atomic mass is 9.90. The molecule has 3 saturated heterocycles. The van der Waals surface area contributed by atoms with Crippen molar-refractivity contribution in [3.05, 3.63) is 71.1 Å². The molecule has 5 heterocycles. The van der Waals surface area contributed by atoms with E-state index in [2.05, 4.69) is 31.7 Å². The number of pyridine rings is 1. The Kier molecular flexibility index (Phi) is 4.83. The van der Waals surface area contributed by atoms with Crippen molar-refractivity contribution in [1.29, 1.82) is 0 Å². The van der Waals surface area contributed by atoms with Crippen molar-refractivity contribution in [3.63, 3.8) is 0 Å². The summed E-state index contributed by atoms with van der Waals surface area (Å²) < 4.78 is 15.0. The van der Waals surface area contributed by atoms with Crippen molar-refractivity contribution in [2.75, 3.05) is 12.8 Å². The number of nitrogens with zero attached hydrogens (tertiary/aromatic N) is 5. The minimum Gasteiger partial charge on any atom is -0.384 e. The Morgan fingerprint density at radius 2 is 2.00 bits per heavy atom. The number of carbonyl (C=O) groups excluding carboxylic acids is 1. The molecule has 8 heteroatoms. The van der Waals surface area contributed by atoms with Gasteiger partial charge in [0.25, 0.3) is 5.91 Å². The predicted octanol–water partition coefficient (Wildman–Crippen LogP) is 2.67. The van der Waals surface area contributed by atoms with Crippen LogP contribution < -0.4 is 5.73 Å². The fourth-order valence-electron chi connectivity index (χ4n) is 4.09. The lowest BCUT2D eigenvalue weighted by molar-refractivity contribution is -0.240. The van der Waals surface area contributed by atoms with Crippen molar-refractivity contribution in [1.82, 2.24) is 24.8 Å². The average molecular weight is 428 g/mol. The second-order valence-corrected chi connectivity index (χ2v) is 7.89. The summed E-state index contributed by atoms with van der Waals surface area (Å²) in [4.78, 5) is 29.3. The molecule has 2 atom stereocenters. The third kappa shape index (κ3) is 3.18. The van der Waals surface area contributed by atoms with Crippen LogP contribution in [-0.2, 0) is 6.42 Å². The number of amides is 1. The van der Waals surface area contributed by atoms with Gasteiger partial charge in [0, 0.05) is 23.7 Å². The van der Waals surface area contributed by atoms with E-state index in [1.54, 1.807) is 29.3 Å². The Labute approximate surface area is 185 Å². The lowest BCUT2D eigenvalue weighted by Gasteiger charge is -2.67. The van der Waals surface area contributed by atoms with Gasteiger partial charge in [0.2, 0.25) is 0 Å². The van der Waals surface area contributed by atoms with Crippen molar-refractivity contribution < 1.29 is 9.18 Å². The second-order valence-electron chi connectivity index (χ2n) is 7.89. The smallest absolute Gasteiger partial charge is 0.259 e. The van der Waals surface area contributed by atoms with Gasteiger partial charge in [0.15, 0.2) is 0 Å². The van der Waals surface area contributed by atoms with Crippen molar-refractivity contribution >= 4 is 11.7 Å². The molecule has 3 aliphatic rings. The lowest BCUT2D eigenvalue weighted by Crippen LogP contribution is -2.82. The molecule has 0 spiro atoms. The summed E-state index contributed by atoms with van der Waals surface area (Å²) in [6.45, 7) is 1.97. The van der Waals surface area contributed by atoms with Crippen molar-refractivity contribution in [2.24, 2.45) is 0 Å². The summed E-state index contributed by atoms with van der Waals surface area (Å²) in [5.41, 5.74) is 8.85. The van der Waals surface area contributed by atoms with Gasteiger partial charge in [0.1, 0.15) is 18.0 Å². The molecule has 32 heavy (non-hydrogen) atoms. The molecule has 3 fully saturated rings. The first kappa shape index (κ1) is 20.1. The summed E-state index contributed by atoms with van der Waals surface area (Å²) in [6, 6.07) is 8.04. The zero-order valence-electron chi connectivity index (χ0n) is 17.7. The van der Waals surface area contributed by atoms with Crippen LogP contribution in [-0.4, -0.2) is 50.0 Å². The molecule has 3 aliphatic heterocycles. The van der Waals surface area contributed by atoms with Gasteiger partial charge in [-0.1, -0.05) is 24.8 Å². The number of nitrogens with two attached hydrogens (primary N) is 1. The maximum Gasteiger partial charge on any atom is 0.259 e. The largest absolute Gasteiger partial charge is 0.384 e. The summed E-state index contributed by atoms with van der Waals surface area (Å²) >= 11 is 0. The number of aromatic nitrogens is 3. The number of carbonyl (C=O) groups is 1. The highest BCUT2D eigenvalue weighted by molar-refractivity contribution is 5.96. The molecular weight excluding hydrogens is 407 g/mol. The second kappa shape index (κ2) is 7.70. The molecule has 3 aromatic rings. The number of benzene rings is 1. The molecule has 1 amide bonds. The van der Waals surface area contributed by atoms with Gasteiger partial charge in [0.05, 0.1) is 34.8 Å². The number of rotatable bonds is 3. The maximum absolute atomic E-state index is 15.0. The Hall–Kier alpha value is -3.83. The van der Waals surface area contributed by atoms with Gasteiger partial charge in [-0.25, -0.2) is 19.3 Å². The number of halogens is 1. The van der Waals surface area contributed by atoms with E-state index in [4.69, 9.17) is 5.73 Å². The summed E-state index contributed by atoms with van der Waals surface area (Å²) in [6.07, 6.45) is 4.81. The third-order valence-electron chi connectivity index (χ3n) is 6.09. The van der Waals surface area contributed by atoms with Gasteiger partial charge in [-0.2, -0.15) is 0 Å². The number of hydrogen-bond acceptors (Lipinski definition) is 6. The van der Waals surface area contributed by atoms with Gasteiger partial charge < -0.3 is 10.6 Å². The molecule has 2 bridgehead atoms. The van der Waals surface area contributed by atoms with Crippen LogP contribution in [0.25, 0.3) is 11.3 Å². The van der Waals surface area contributed by atoms with E-state index in [1.807, 2.05) is 14.0 Å². The van der Waals surface area contributed by atoms with Gasteiger partial charge in [-0.05, 0) is 37.7 Å². The van der Waals surface area contributed by atoms with E-state index in [9.17, 15) is 9.18 Å². The summed E-state index contributed by atoms with van der Waals surface area (Å²) in [5.74, 6) is 5.74. The van der Waals surface area contributed by atoms with Crippen LogP contribution in [0.15, 0.2) is 42.9 Å². The van der Waals surface area contributed by atoms with E-state index in [0.29, 0.717) is 34.6 Å². The molecule has 6 rings (SSSR count). The first-order valence-corrected chi connectivity index (χ1v) is 10.4. The highest BCUT2D eigenvalue weighted by atomic mass is 19.1. The maximum atomic E-state index is 15.0. The fourth-order valence-corrected chi connectivity index (χ4v) is 4.09. The van der Waals surface area contributed by atoms with Gasteiger partial charge in [-0.3, -0.25) is 9.69 Å². The number of nitrogen functional groups attached to an aromatic ring is 1. The molecule has 0 radical (unpaired) electrons. The number of hydrogen-bond donors (Lipinski definition) is 1. The molecule has 0 saturated carbocycles. The number of anilines is 1. The van der Waals surface area contributed by atoms with Crippen molar-refractivity contribution in [3.8, 4) is 23.1 Å². The highest BCUT2D eigenvalue weighted by Gasteiger charge is 2.58. The zero-order valence-corrected chi connectivity index (χ0v) is 17.7. The third-order valence-corrected chi connectivity index (χ3v) is 6.09. The van der Waals surface area contributed by atoms with Crippen molar-refractivity contribution in [2.45, 2.75) is 32.1 Å². The Morgan fingerprint density at radius 1 is 1.19 bits per heavy atom. The predicted molar refractivity (Wildman–Crippen MR) is 118 cm³/mol. The van der Waals surface area contributed by atoms with E-state index in [-0.39, 0.29) is 23.8 Å². The van der Waals surface area contributed by atoms with E-state index >= 15 is 0 Å². The summed E-state index contributed by atoms with van der Waals surface area (Å²) in [7, 11) is 1.96. The molecule has 0 unspecified atom stereocenters. The van der Waals surface area contributed by atoms with Crippen LogP contribution in [0.2, 0.25) is 0 Å². The molecular formula is C24H21FN6O. The van der Waals surface area contributed by atoms with Gasteiger partial charge in [-0.15, -0.1) is 0 Å². The first-order chi connectivity index (χ1) is 15.5. The first-order valence-electron chi connectivity index (χ1n) is 10.4. The Bertz CT molecular complexity index is 1270. The van der Waals surface area contributed by atoms with Crippen LogP contribution in [0.4, 0.5) is 10.2 Å². The fraction of sp³-hybridized carbons (Fsp3) is 0.250. The zero-order chi connectivity index (χ0) is 22.4. The van der Waals surface area contributed by atoms with Crippen LogP contribution in [0, 0.1) is 17.7 Å². The molecule has 1 aromatic carbocycles. The van der Waals surface area contributed by atoms with Gasteiger partial charge >= 0.3 is 0 Å². The molecule has 0 aliphatic carbocycles. The molecule has 7 nitrogen and oxygen atoms in total. The molecule has 2 N–H and O–H groups in total. The summed E-state index contributed by atoms with van der Waals surface area (Å²) in [5, 5.41) is 0. The van der Waals surface area contributed by atoms with Crippen LogP contribution in [0.5, 0.6) is 0 Å². The minimum absolute atomic E-state index is 0.0712. The topological polar surface area (TPSA) is 88.2 Å². The van der Waals surface area contributed by atoms with E-state index in [1.165, 1.54) is 18.5 Å². The van der Waals surface area contributed by atoms with Crippen LogP contribution in [0.1, 0.15) is 40.5 Å². The van der Waals surface area contributed by atoms with E-state index in [0.717, 1.165) is 12.1 Å². The normalized spacial score (nSPS) is 18.9. The SMILES string of the molecule is CCc1ncnc(-c2ccc(C(=O)N3[C@@H]4C[C@H]3N4C)c(F)c2)c1C#Cc1ccc(N)nc1. The quantitative estimate of drug-likeness (QED) is 0.646. The standard InChI is InChI=1S/C24H21FN6O/c1-3-19-17(7-4-14-5-9-20(26)27-12-14)23(29-13-28-19)15-6-8-16(18(25)10-15)24(32)31-21-11-22(31)30(21)2/h5-6,8-10,12-13,21-22H,3,11H2,1-2H3,(H2,26,27)/t21-,22+. The highest BCUT2D eigenvalue weighted by Crippen LogP contribution is 2.44. The number of aryl methyl sites for hydroxylation is 1. The Balaban J connectivity index is 1.49. The Morgan fingerprint density at radius 3 is 2.62 bits per heavy atom. The monoisotopic (exact) mass is 428 g/mol. The average Bonchev–Trinajstić information content (AvgIpc) is 2.76. The molecule has 2 aromatic heterocycles. The van der Waals surface area contributed by atoms with Crippen LogP contribution >= 0.6 is 0 Å². The van der Waals surface area contributed by atoms with E-state index < -0.39 is 5.82 Å².